The largest absolute Gasteiger partial charge is 0.488 e. The maximum absolute atomic E-state index is 11.9. The van der Waals surface area contributed by atoms with Gasteiger partial charge >= 0.3 is 5.97 Å². The van der Waals surface area contributed by atoms with Crippen molar-refractivity contribution in [3.05, 3.63) is 124 Å². The lowest BCUT2D eigenvalue weighted by Gasteiger charge is -2.19. The zero-order valence-electron chi connectivity index (χ0n) is 23.7. The van der Waals surface area contributed by atoms with Crippen molar-refractivity contribution in [3.8, 4) is 22.6 Å². The number of carbonyl (C=O) groups is 1. The summed E-state index contributed by atoms with van der Waals surface area (Å²) in [6.07, 6.45) is 0.433. The predicted octanol–water partition coefficient (Wildman–Crippen LogP) is 8.60. The molecular formula is C35H31Cl2NO4. The van der Waals surface area contributed by atoms with Crippen LogP contribution in [0.1, 0.15) is 16.7 Å². The molecule has 5 aromatic carbocycles. The lowest BCUT2D eigenvalue weighted by Crippen LogP contribution is -2.13. The Balaban J connectivity index is 1.66. The van der Waals surface area contributed by atoms with Gasteiger partial charge in [-0.2, -0.15) is 0 Å². The molecule has 0 N–H and O–H groups in total. The van der Waals surface area contributed by atoms with Gasteiger partial charge in [-0.15, -0.1) is 0 Å². The van der Waals surface area contributed by atoms with E-state index < -0.39 is 5.97 Å². The first-order chi connectivity index (χ1) is 20.3. The minimum atomic E-state index is -0.467. The summed E-state index contributed by atoms with van der Waals surface area (Å²) in [7, 11) is 5.38. The molecule has 5 rings (SSSR count). The van der Waals surface area contributed by atoms with Crippen molar-refractivity contribution in [1.29, 1.82) is 0 Å². The molecule has 5 nitrogen and oxygen atoms in total. The van der Waals surface area contributed by atoms with Gasteiger partial charge in [0, 0.05) is 37.3 Å². The Hall–Kier alpha value is -4.19. The molecule has 0 amide bonds. The quantitative estimate of drug-likeness (QED) is 0.150. The number of hydrogen-bond donors (Lipinski definition) is 0. The van der Waals surface area contributed by atoms with Crippen LogP contribution in [0.3, 0.4) is 0 Å². The zero-order valence-corrected chi connectivity index (χ0v) is 25.2. The first kappa shape index (κ1) is 29.3. The monoisotopic (exact) mass is 599 g/mol. The van der Waals surface area contributed by atoms with Gasteiger partial charge in [0.15, 0.2) is 6.61 Å². The maximum Gasteiger partial charge on any atom is 0.343 e. The molecule has 42 heavy (non-hydrogen) atoms. The number of nitrogens with zero attached hydrogens (tertiary/aromatic N) is 1. The van der Waals surface area contributed by atoms with E-state index in [0.717, 1.165) is 50.0 Å². The minimum Gasteiger partial charge on any atom is -0.488 e. The van der Waals surface area contributed by atoms with Crippen molar-refractivity contribution in [2.24, 2.45) is 0 Å². The van der Waals surface area contributed by atoms with Crippen LogP contribution in [-0.4, -0.2) is 33.8 Å². The second-order valence-electron chi connectivity index (χ2n) is 10.1. The average molecular weight is 601 g/mol. The number of ether oxygens (including phenoxy) is 3. The molecule has 214 valence electrons. The maximum atomic E-state index is 11.9. The smallest absolute Gasteiger partial charge is 0.343 e. The van der Waals surface area contributed by atoms with Gasteiger partial charge in [-0.1, -0.05) is 83.9 Å². The van der Waals surface area contributed by atoms with Gasteiger partial charge < -0.3 is 19.1 Å². The molecule has 0 saturated carbocycles. The molecule has 0 aromatic heterocycles. The van der Waals surface area contributed by atoms with E-state index in [4.69, 9.17) is 37.4 Å². The first-order valence-corrected chi connectivity index (χ1v) is 14.3. The molecule has 0 atom stereocenters. The third kappa shape index (κ3) is 6.64. The van der Waals surface area contributed by atoms with E-state index in [1.54, 1.807) is 6.07 Å². The van der Waals surface area contributed by atoms with Crippen molar-refractivity contribution >= 4 is 45.6 Å². The molecule has 7 heteroatoms. The van der Waals surface area contributed by atoms with Crippen LogP contribution in [0.2, 0.25) is 10.0 Å². The Kier molecular flexibility index (Phi) is 9.21. The topological polar surface area (TPSA) is 48.0 Å². The van der Waals surface area contributed by atoms with Crippen LogP contribution >= 0.6 is 23.2 Å². The second-order valence-corrected chi connectivity index (χ2v) is 10.9. The summed E-state index contributed by atoms with van der Waals surface area (Å²) < 4.78 is 17.3. The molecular weight excluding hydrogens is 569 g/mol. The SMILES string of the molecule is COC(=O)COc1ccc2cc(-c3ccc(N(C)C)cc3)c(OCc3ccccc3)cc2c1Cc1cccc(Cl)c1Cl. The van der Waals surface area contributed by atoms with Crippen molar-refractivity contribution in [1.82, 2.24) is 0 Å². The van der Waals surface area contributed by atoms with Gasteiger partial charge in [-0.3, -0.25) is 0 Å². The summed E-state index contributed by atoms with van der Waals surface area (Å²) in [6, 6.07) is 32.1. The highest BCUT2D eigenvalue weighted by atomic mass is 35.5. The fraction of sp³-hybridized carbons (Fsp3) is 0.171. The second kappa shape index (κ2) is 13.2. The Morgan fingerprint density at radius 3 is 2.29 bits per heavy atom. The van der Waals surface area contributed by atoms with E-state index in [-0.39, 0.29) is 6.61 Å². The molecule has 0 aliphatic rings. The summed E-state index contributed by atoms with van der Waals surface area (Å²) in [6.45, 7) is 0.190. The van der Waals surface area contributed by atoms with E-state index in [9.17, 15) is 4.79 Å². The minimum absolute atomic E-state index is 0.216. The molecule has 0 fully saturated rings. The summed E-state index contributed by atoms with van der Waals surface area (Å²) in [4.78, 5) is 14.0. The van der Waals surface area contributed by atoms with Gasteiger partial charge in [-0.25, -0.2) is 4.79 Å². The Morgan fingerprint density at radius 2 is 1.57 bits per heavy atom. The first-order valence-electron chi connectivity index (χ1n) is 13.5. The van der Waals surface area contributed by atoms with E-state index in [1.165, 1.54) is 7.11 Å². The molecule has 0 bridgehead atoms. The molecule has 0 saturated heterocycles. The van der Waals surface area contributed by atoms with Crippen LogP contribution in [0.4, 0.5) is 5.69 Å². The normalized spacial score (nSPS) is 10.9. The number of esters is 1. The number of anilines is 1. The van der Waals surface area contributed by atoms with Crippen LogP contribution < -0.4 is 14.4 Å². The lowest BCUT2D eigenvalue weighted by atomic mass is 9.93. The van der Waals surface area contributed by atoms with Gasteiger partial charge in [0.2, 0.25) is 0 Å². The molecule has 0 radical (unpaired) electrons. The van der Waals surface area contributed by atoms with Crippen LogP contribution in [-0.2, 0) is 22.6 Å². The van der Waals surface area contributed by atoms with Gasteiger partial charge in [0.05, 0.1) is 17.2 Å². The fourth-order valence-corrected chi connectivity index (χ4v) is 5.19. The van der Waals surface area contributed by atoms with Crippen LogP contribution in [0.15, 0.2) is 97.1 Å². The summed E-state index contributed by atoms with van der Waals surface area (Å²) >= 11 is 13.0. The standard InChI is InChI=1S/C35H31Cl2NO4/c1-38(2)27-15-12-24(13-16-27)29-18-25-14-17-32(42-22-34(39)40-3)30(19-26-10-7-11-31(36)35(26)37)28(25)20-33(29)41-21-23-8-5-4-6-9-23/h4-18,20H,19,21-22H2,1-3H3. The number of hydrogen-bond acceptors (Lipinski definition) is 5. The highest BCUT2D eigenvalue weighted by Gasteiger charge is 2.18. The number of benzene rings is 5. The Bertz CT molecular complexity index is 1700. The number of halogens is 2. The average Bonchev–Trinajstić information content (AvgIpc) is 3.01. The zero-order chi connectivity index (χ0) is 29.6. The molecule has 5 aromatic rings. The van der Waals surface area contributed by atoms with Crippen LogP contribution in [0.5, 0.6) is 11.5 Å². The predicted molar refractivity (Wildman–Crippen MR) is 171 cm³/mol. The molecule has 0 unspecified atom stereocenters. The van der Waals surface area contributed by atoms with E-state index in [1.807, 2.05) is 74.8 Å². The fourth-order valence-electron chi connectivity index (χ4n) is 4.80. The molecule has 0 spiro atoms. The van der Waals surface area contributed by atoms with Crippen molar-refractivity contribution in [2.75, 3.05) is 32.7 Å². The summed E-state index contributed by atoms with van der Waals surface area (Å²) in [5, 5.41) is 2.87. The number of methoxy groups -OCH3 is 1. The van der Waals surface area contributed by atoms with Gasteiger partial charge in [0.1, 0.15) is 18.1 Å². The van der Waals surface area contributed by atoms with Crippen molar-refractivity contribution in [2.45, 2.75) is 13.0 Å². The van der Waals surface area contributed by atoms with Crippen molar-refractivity contribution < 1.29 is 19.0 Å². The summed E-state index contributed by atoms with van der Waals surface area (Å²) in [5.74, 6) is 0.818. The van der Waals surface area contributed by atoms with Gasteiger partial charge in [0.25, 0.3) is 0 Å². The highest BCUT2D eigenvalue weighted by Crippen LogP contribution is 2.40. The number of rotatable bonds is 10. The number of fused-ring (bicyclic) bond motifs is 1. The van der Waals surface area contributed by atoms with Gasteiger partial charge in [-0.05, 0) is 63.9 Å². The molecule has 0 heterocycles. The summed E-state index contributed by atoms with van der Waals surface area (Å²) in [5.41, 5.74) is 5.89. The van der Waals surface area contributed by atoms with Crippen molar-refractivity contribution in [3.63, 3.8) is 0 Å². The highest BCUT2D eigenvalue weighted by molar-refractivity contribution is 6.42. The Labute approximate surface area is 256 Å². The third-order valence-corrected chi connectivity index (χ3v) is 7.95. The van der Waals surface area contributed by atoms with E-state index >= 15 is 0 Å². The van der Waals surface area contributed by atoms with Crippen LogP contribution in [0, 0.1) is 0 Å². The van der Waals surface area contributed by atoms with E-state index in [2.05, 4.69) is 35.2 Å². The lowest BCUT2D eigenvalue weighted by molar-refractivity contribution is -0.142. The Morgan fingerprint density at radius 1 is 0.810 bits per heavy atom. The molecule has 0 aliphatic heterocycles. The number of carbonyl (C=O) groups excluding carboxylic acids is 1. The van der Waals surface area contributed by atoms with Crippen LogP contribution in [0.25, 0.3) is 21.9 Å². The molecule has 0 aliphatic carbocycles. The van der Waals surface area contributed by atoms with E-state index in [0.29, 0.717) is 28.8 Å². The third-order valence-electron chi connectivity index (χ3n) is 7.09.